The van der Waals surface area contributed by atoms with Crippen LogP contribution < -0.4 is 5.32 Å². The average molecular weight is 375 g/mol. The maximum Gasteiger partial charge on any atom is 0.356 e. The highest BCUT2D eigenvalue weighted by Gasteiger charge is 2.18. The van der Waals surface area contributed by atoms with Crippen LogP contribution in [-0.2, 0) is 4.74 Å². The van der Waals surface area contributed by atoms with Gasteiger partial charge in [-0.2, -0.15) is 0 Å². The predicted octanol–water partition coefficient (Wildman–Crippen LogP) is 4.43. The van der Waals surface area contributed by atoms with Crippen molar-refractivity contribution in [2.24, 2.45) is 0 Å². The van der Waals surface area contributed by atoms with E-state index in [9.17, 15) is 14.0 Å². The van der Waals surface area contributed by atoms with Crippen molar-refractivity contribution in [2.45, 2.75) is 6.42 Å². The summed E-state index contributed by atoms with van der Waals surface area (Å²) in [5, 5.41) is 4.38. The summed E-state index contributed by atoms with van der Waals surface area (Å²) < 4.78 is 18.0. The maximum atomic E-state index is 13.2. The number of rotatable bonds is 6. The van der Waals surface area contributed by atoms with Crippen LogP contribution in [0.4, 0.5) is 10.1 Å². The van der Waals surface area contributed by atoms with Crippen molar-refractivity contribution in [1.29, 1.82) is 0 Å². The molecule has 0 saturated carbocycles. The molecule has 0 saturated heterocycles. The number of Topliss-reactive ketones (excluding diaryl/α,β-unsaturated/α-hetero) is 1. The largest absolute Gasteiger partial charge is 0.464 e. The summed E-state index contributed by atoms with van der Waals surface area (Å²) in [6, 6.07) is 10.7. The Balaban J connectivity index is 1.79. The van der Waals surface area contributed by atoms with Gasteiger partial charge in [0.05, 0.1) is 12.8 Å². The number of carbonyl (C=O) groups excluding carboxylic acids is 2. The molecular formula is C19H16ClFN2O3. The van der Waals surface area contributed by atoms with E-state index in [2.05, 4.69) is 10.3 Å². The van der Waals surface area contributed by atoms with Gasteiger partial charge in [-0.1, -0.05) is 23.7 Å². The lowest BCUT2D eigenvalue weighted by molar-refractivity contribution is 0.0596. The first-order valence-corrected chi connectivity index (χ1v) is 8.29. The Morgan fingerprint density at radius 3 is 2.77 bits per heavy atom. The van der Waals surface area contributed by atoms with Crippen LogP contribution in [0.15, 0.2) is 42.5 Å². The highest BCUT2D eigenvalue weighted by molar-refractivity contribution is 6.31. The number of hydrogen-bond acceptors (Lipinski definition) is 4. The van der Waals surface area contributed by atoms with Gasteiger partial charge >= 0.3 is 5.97 Å². The Morgan fingerprint density at radius 1 is 1.23 bits per heavy atom. The fourth-order valence-electron chi connectivity index (χ4n) is 2.72. The van der Waals surface area contributed by atoms with Crippen LogP contribution in [0.3, 0.4) is 0 Å². The van der Waals surface area contributed by atoms with E-state index in [0.717, 1.165) is 5.39 Å². The average Bonchev–Trinajstić information content (AvgIpc) is 2.98. The monoisotopic (exact) mass is 374 g/mol. The number of methoxy groups -OCH3 is 1. The van der Waals surface area contributed by atoms with E-state index in [1.54, 1.807) is 24.3 Å². The lowest BCUT2D eigenvalue weighted by atomic mass is 10.1. The summed E-state index contributed by atoms with van der Waals surface area (Å²) in [7, 11) is 1.29. The minimum atomic E-state index is -0.531. The molecule has 0 unspecified atom stereocenters. The molecule has 3 rings (SSSR count). The fraction of sp³-hybridized carbons (Fsp3) is 0.158. The summed E-state index contributed by atoms with van der Waals surface area (Å²) >= 11 is 5.99. The molecule has 134 valence electrons. The Hall–Kier alpha value is -2.86. The van der Waals surface area contributed by atoms with E-state index in [-0.39, 0.29) is 24.4 Å². The predicted molar refractivity (Wildman–Crippen MR) is 98.5 cm³/mol. The molecule has 5 nitrogen and oxygen atoms in total. The summed E-state index contributed by atoms with van der Waals surface area (Å²) in [4.78, 5) is 27.2. The highest BCUT2D eigenvalue weighted by atomic mass is 35.5. The van der Waals surface area contributed by atoms with Gasteiger partial charge in [-0.25, -0.2) is 9.18 Å². The van der Waals surface area contributed by atoms with Crippen molar-refractivity contribution in [3.05, 3.63) is 64.6 Å². The molecule has 2 aromatic carbocycles. The molecule has 2 N–H and O–H groups in total. The third-order valence-electron chi connectivity index (χ3n) is 3.95. The molecule has 0 aliphatic heterocycles. The van der Waals surface area contributed by atoms with E-state index in [1.165, 1.54) is 25.3 Å². The third-order valence-corrected chi connectivity index (χ3v) is 4.19. The number of ether oxygens (including phenoxy) is 1. The number of benzene rings is 2. The van der Waals surface area contributed by atoms with Gasteiger partial charge in [0, 0.05) is 34.5 Å². The number of nitrogens with one attached hydrogen (secondary N) is 2. The number of H-pyrrole nitrogens is 1. The van der Waals surface area contributed by atoms with Gasteiger partial charge in [-0.05, 0) is 30.3 Å². The first-order chi connectivity index (χ1) is 12.5. The molecule has 0 bridgehead atoms. The molecule has 26 heavy (non-hydrogen) atoms. The number of aromatic amines is 1. The second kappa shape index (κ2) is 7.58. The normalized spacial score (nSPS) is 10.7. The molecule has 1 aromatic heterocycles. The van der Waals surface area contributed by atoms with Crippen LogP contribution in [-0.4, -0.2) is 30.4 Å². The van der Waals surface area contributed by atoms with E-state index in [1.807, 2.05) is 0 Å². The molecule has 0 aliphatic carbocycles. The third kappa shape index (κ3) is 3.70. The Kier molecular flexibility index (Phi) is 5.23. The van der Waals surface area contributed by atoms with Gasteiger partial charge in [0.2, 0.25) is 0 Å². The first kappa shape index (κ1) is 17.9. The van der Waals surface area contributed by atoms with Crippen molar-refractivity contribution in [3.63, 3.8) is 0 Å². The van der Waals surface area contributed by atoms with E-state index in [0.29, 0.717) is 21.8 Å². The number of esters is 1. The van der Waals surface area contributed by atoms with Crippen molar-refractivity contribution >= 4 is 39.9 Å². The second-order valence-corrected chi connectivity index (χ2v) is 6.10. The van der Waals surface area contributed by atoms with Gasteiger partial charge in [0.1, 0.15) is 11.5 Å². The summed E-state index contributed by atoms with van der Waals surface area (Å²) in [5.41, 5.74) is 1.78. The molecule has 1 heterocycles. The van der Waals surface area contributed by atoms with Crippen molar-refractivity contribution in [2.75, 3.05) is 19.0 Å². The Bertz CT molecular complexity index is 984. The number of hydrogen-bond donors (Lipinski definition) is 2. The zero-order valence-corrected chi connectivity index (χ0v) is 14.7. The topological polar surface area (TPSA) is 71.2 Å². The minimum Gasteiger partial charge on any atom is -0.464 e. The van der Waals surface area contributed by atoms with E-state index in [4.69, 9.17) is 16.3 Å². The highest BCUT2D eigenvalue weighted by Crippen LogP contribution is 2.30. The van der Waals surface area contributed by atoms with E-state index >= 15 is 0 Å². The van der Waals surface area contributed by atoms with E-state index < -0.39 is 11.8 Å². The standard InChI is InChI=1S/C19H16ClFN2O3/c1-26-19(25)18-17(14-6-5-12(20)10-15(14)23-18)22-8-7-16(24)11-3-2-4-13(21)9-11/h2-6,9-10,22-23H,7-8H2,1H3. The maximum absolute atomic E-state index is 13.2. The summed E-state index contributed by atoms with van der Waals surface area (Å²) in [6.07, 6.45) is 0.143. The Labute approximate surface area is 154 Å². The number of halogens is 2. The molecule has 3 aromatic rings. The van der Waals surface area contributed by atoms with Crippen LogP contribution >= 0.6 is 11.6 Å². The molecular weight excluding hydrogens is 359 g/mol. The number of carbonyl (C=O) groups is 2. The quantitative estimate of drug-likeness (QED) is 0.494. The lowest BCUT2D eigenvalue weighted by Gasteiger charge is -2.07. The van der Waals surface area contributed by atoms with Crippen LogP contribution in [0.2, 0.25) is 5.02 Å². The number of ketones is 1. The Morgan fingerprint density at radius 2 is 2.04 bits per heavy atom. The van der Waals surface area contributed by atoms with Crippen LogP contribution in [0.25, 0.3) is 10.9 Å². The summed E-state index contributed by atoms with van der Waals surface area (Å²) in [5.74, 6) is -1.18. The van der Waals surface area contributed by atoms with Crippen LogP contribution in [0.5, 0.6) is 0 Å². The number of fused-ring (bicyclic) bond motifs is 1. The lowest BCUT2D eigenvalue weighted by Crippen LogP contribution is -2.12. The molecule has 0 atom stereocenters. The second-order valence-electron chi connectivity index (χ2n) is 5.67. The zero-order valence-electron chi connectivity index (χ0n) is 13.9. The first-order valence-electron chi connectivity index (χ1n) is 7.92. The minimum absolute atomic E-state index is 0.143. The fourth-order valence-corrected chi connectivity index (χ4v) is 2.89. The SMILES string of the molecule is COC(=O)c1[nH]c2cc(Cl)ccc2c1NCCC(=O)c1cccc(F)c1. The van der Waals surface area contributed by atoms with Crippen molar-refractivity contribution in [3.8, 4) is 0 Å². The molecule has 0 spiro atoms. The van der Waals surface area contributed by atoms with Crippen molar-refractivity contribution in [1.82, 2.24) is 4.98 Å². The zero-order chi connectivity index (χ0) is 18.7. The number of anilines is 1. The molecule has 0 aliphatic rings. The molecule has 0 radical (unpaired) electrons. The molecule has 0 amide bonds. The molecule has 0 fully saturated rings. The number of aromatic nitrogens is 1. The van der Waals surface area contributed by atoms with Gasteiger partial charge in [0.25, 0.3) is 0 Å². The van der Waals surface area contributed by atoms with Crippen molar-refractivity contribution < 1.29 is 18.7 Å². The van der Waals surface area contributed by atoms with Gasteiger partial charge in [-0.3, -0.25) is 4.79 Å². The van der Waals surface area contributed by atoms with Gasteiger partial charge in [0.15, 0.2) is 5.78 Å². The smallest absolute Gasteiger partial charge is 0.356 e. The van der Waals surface area contributed by atoms with Gasteiger partial charge < -0.3 is 15.0 Å². The molecule has 7 heteroatoms. The van der Waals surface area contributed by atoms with Crippen LogP contribution in [0.1, 0.15) is 27.3 Å². The van der Waals surface area contributed by atoms with Crippen LogP contribution in [0, 0.1) is 5.82 Å². The summed E-state index contributed by atoms with van der Waals surface area (Å²) in [6.45, 7) is 0.273. The van der Waals surface area contributed by atoms with Gasteiger partial charge in [-0.15, -0.1) is 0 Å².